The molecule has 1 aliphatic carbocycles. The predicted octanol–water partition coefficient (Wildman–Crippen LogP) is 2.33. The van der Waals surface area contributed by atoms with Crippen LogP contribution >= 0.6 is 0 Å². The van der Waals surface area contributed by atoms with E-state index in [4.69, 9.17) is 9.84 Å². The zero-order chi connectivity index (χ0) is 12.3. The molecule has 0 radical (unpaired) electrons. The Labute approximate surface area is 106 Å². The predicted molar refractivity (Wildman–Crippen MR) is 71.2 cm³/mol. The number of hydrogen-bond donors (Lipinski definition) is 2. The van der Waals surface area contributed by atoms with Gasteiger partial charge in [-0.1, -0.05) is 32.6 Å². The smallest absolute Gasteiger partial charge is 0.0698 e. The van der Waals surface area contributed by atoms with Crippen LogP contribution in [0.2, 0.25) is 0 Å². The Balaban J connectivity index is 2.05. The van der Waals surface area contributed by atoms with Gasteiger partial charge in [0.25, 0.3) is 0 Å². The number of nitrogens with one attached hydrogen (secondary N) is 1. The van der Waals surface area contributed by atoms with E-state index in [0.717, 1.165) is 19.1 Å². The van der Waals surface area contributed by atoms with Crippen LogP contribution in [0.25, 0.3) is 0 Å². The van der Waals surface area contributed by atoms with Gasteiger partial charge in [0.15, 0.2) is 0 Å². The molecule has 0 aromatic heterocycles. The van der Waals surface area contributed by atoms with Gasteiger partial charge >= 0.3 is 0 Å². The highest BCUT2D eigenvalue weighted by atomic mass is 16.5. The Morgan fingerprint density at radius 1 is 1.18 bits per heavy atom. The lowest BCUT2D eigenvalue weighted by Gasteiger charge is -2.16. The minimum atomic E-state index is 0.127. The highest BCUT2D eigenvalue weighted by Gasteiger charge is 2.17. The molecule has 2 unspecified atom stereocenters. The van der Waals surface area contributed by atoms with Crippen molar-refractivity contribution in [3.63, 3.8) is 0 Å². The van der Waals surface area contributed by atoms with Crippen LogP contribution in [0.5, 0.6) is 0 Å². The number of aliphatic hydroxyl groups excluding tert-OH is 1. The van der Waals surface area contributed by atoms with Gasteiger partial charge in [-0.3, -0.25) is 0 Å². The fraction of sp³-hybridized carbons (Fsp3) is 1.00. The van der Waals surface area contributed by atoms with E-state index in [1.54, 1.807) is 0 Å². The van der Waals surface area contributed by atoms with Crippen LogP contribution < -0.4 is 5.32 Å². The van der Waals surface area contributed by atoms with E-state index in [1.165, 1.54) is 44.9 Å². The quantitative estimate of drug-likeness (QED) is 0.508. The molecule has 3 heteroatoms. The SMILES string of the molecule is CCCC1CCCC(NCCOCCO)CC1. The second-order valence-corrected chi connectivity index (χ2v) is 5.15. The average Bonchev–Trinajstić information content (AvgIpc) is 2.55. The van der Waals surface area contributed by atoms with Crippen molar-refractivity contribution in [3.05, 3.63) is 0 Å². The van der Waals surface area contributed by atoms with Gasteiger partial charge in [-0.2, -0.15) is 0 Å². The first-order valence-corrected chi connectivity index (χ1v) is 7.28. The lowest BCUT2D eigenvalue weighted by Crippen LogP contribution is -2.31. The lowest BCUT2D eigenvalue weighted by atomic mass is 9.95. The molecule has 17 heavy (non-hydrogen) atoms. The lowest BCUT2D eigenvalue weighted by molar-refractivity contribution is 0.0922. The fourth-order valence-electron chi connectivity index (χ4n) is 2.78. The molecule has 0 aliphatic heterocycles. The van der Waals surface area contributed by atoms with Crippen LogP contribution in [0, 0.1) is 5.92 Å². The van der Waals surface area contributed by atoms with Crippen LogP contribution in [0.15, 0.2) is 0 Å². The van der Waals surface area contributed by atoms with Gasteiger partial charge in [0.2, 0.25) is 0 Å². The van der Waals surface area contributed by atoms with Crippen molar-refractivity contribution in [2.45, 2.75) is 57.9 Å². The number of rotatable bonds is 8. The molecule has 0 saturated heterocycles. The molecule has 0 spiro atoms. The molecule has 2 atom stereocenters. The molecular weight excluding hydrogens is 214 g/mol. The molecule has 3 nitrogen and oxygen atoms in total. The summed E-state index contributed by atoms with van der Waals surface area (Å²) < 4.78 is 5.25. The van der Waals surface area contributed by atoms with Gasteiger partial charge in [-0.05, 0) is 25.2 Å². The van der Waals surface area contributed by atoms with Crippen LogP contribution in [0.1, 0.15) is 51.9 Å². The topological polar surface area (TPSA) is 41.5 Å². The Kier molecular flexibility index (Phi) is 8.67. The van der Waals surface area contributed by atoms with E-state index in [2.05, 4.69) is 12.2 Å². The van der Waals surface area contributed by atoms with Crippen LogP contribution in [0.3, 0.4) is 0 Å². The first-order valence-electron chi connectivity index (χ1n) is 7.28. The van der Waals surface area contributed by atoms with Gasteiger partial charge in [-0.15, -0.1) is 0 Å². The van der Waals surface area contributed by atoms with E-state index in [0.29, 0.717) is 12.6 Å². The zero-order valence-corrected chi connectivity index (χ0v) is 11.3. The summed E-state index contributed by atoms with van der Waals surface area (Å²) in [6, 6.07) is 0.689. The van der Waals surface area contributed by atoms with Crippen molar-refractivity contribution >= 4 is 0 Å². The number of ether oxygens (including phenoxy) is 1. The highest BCUT2D eigenvalue weighted by Crippen LogP contribution is 2.26. The van der Waals surface area contributed by atoms with Crippen molar-refractivity contribution in [1.82, 2.24) is 5.32 Å². The summed E-state index contributed by atoms with van der Waals surface area (Å²) in [5.41, 5.74) is 0. The summed E-state index contributed by atoms with van der Waals surface area (Å²) in [5, 5.41) is 12.2. The first-order chi connectivity index (χ1) is 8.36. The maximum absolute atomic E-state index is 8.59. The van der Waals surface area contributed by atoms with Crippen LogP contribution in [-0.2, 0) is 4.74 Å². The van der Waals surface area contributed by atoms with E-state index >= 15 is 0 Å². The molecule has 0 aromatic rings. The van der Waals surface area contributed by atoms with E-state index in [-0.39, 0.29) is 6.61 Å². The normalized spacial score (nSPS) is 25.8. The van der Waals surface area contributed by atoms with Crippen molar-refractivity contribution in [3.8, 4) is 0 Å². The van der Waals surface area contributed by atoms with Gasteiger partial charge in [0, 0.05) is 12.6 Å². The average molecular weight is 243 g/mol. The molecular formula is C14H29NO2. The monoisotopic (exact) mass is 243 g/mol. The Hall–Kier alpha value is -0.120. The van der Waals surface area contributed by atoms with Crippen molar-refractivity contribution in [1.29, 1.82) is 0 Å². The summed E-state index contributed by atoms with van der Waals surface area (Å²) in [7, 11) is 0. The summed E-state index contributed by atoms with van der Waals surface area (Å²) in [6.45, 7) is 4.52. The zero-order valence-electron chi connectivity index (χ0n) is 11.3. The van der Waals surface area contributed by atoms with Gasteiger partial charge in [0.1, 0.15) is 0 Å². The third kappa shape index (κ3) is 7.02. The van der Waals surface area contributed by atoms with Crippen LogP contribution in [0.4, 0.5) is 0 Å². The minimum absolute atomic E-state index is 0.127. The van der Waals surface area contributed by atoms with Gasteiger partial charge < -0.3 is 15.2 Å². The summed E-state index contributed by atoms with van der Waals surface area (Å²) in [6.07, 6.45) is 9.57. The second-order valence-electron chi connectivity index (χ2n) is 5.15. The van der Waals surface area contributed by atoms with E-state index < -0.39 is 0 Å². The number of hydrogen-bond acceptors (Lipinski definition) is 3. The minimum Gasteiger partial charge on any atom is -0.394 e. The molecule has 102 valence electrons. The Morgan fingerprint density at radius 3 is 2.82 bits per heavy atom. The molecule has 1 fully saturated rings. The molecule has 0 bridgehead atoms. The third-order valence-corrected chi connectivity index (χ3v) is 3.70. The molecule has 1 rings (SSSR count). The first kappa shape index (κ1) is 14.9. The third-order valence-electron chi connectivity index (χ3n) is 3.70. The molecule has 0 amide bonds. The Morgan fingerprint density at radius 2 is 2.06 bits per heavy atom. The highest BCUT2D eigenvalue weighted by molar-refractivity contribution is 4.74. The van der Waals surface area contributed by atoms with E-state index in [1.807, 2.05) is 0 Å². The largest absolute Gasteiger partial charge is 0.394 e. The van der Waals surface area contributed by atoms with E-state index in [9.17, 15) is 0 Å². The van der Waals surface area contributed by atoms with Crippen molar-refractivity contribution in [2.75, 3.05) is 26.4 Å². The molecule has 1 aliphatic rings. The molecule has 0 heterocycles. The maximum atomic E-state index is 8.59. The summed E-state index contributed by atoms with van der Waals surface area (Å²) in [4.78, 5) is 0. The van der Waals surface area contributed by atoms with Crippen molar-refractivity contribution < 1.29 is 9.84 Å². The standard InChI is InChI=1S/C14H29NO2/c1-2-4-13-5-3-6-14(8-7-13)15-9-11-17-12-10-16/h13-16H,2-12H2,1H3. The second kappa shape index (κ2) is 9.86. The summed E-state index contributed by atoms with van der Waals surface area (Å²) in [5.74, 6) is 0.970. The number of aliphatic hydroxyl groups is 1. The molecule has 2 N–H and O–H groups in total. The van der Waals surface area contributed by atoms with Gasteiger partial charge in [-0.25, -0.2) is 0 Å². The van der Waals surface area contributed by atoms with Crippen LogP contribution in [-0.4, -0.2) is 37.5 Å². The maximum Gasteiger partial charge on any atom is 0.0698 e. The Bertz CT molecular complexity index is 176. The fourth-order valence-corrected chi connectivity index (χ4v) is 2.78. The summed E-state index contributed by atoms with van der Waals surface area (Å²) >= 11 is 0. The molecule has 0 aromatic carbocycles. The molecule has 1 saturated carbocycles. The van der Waals surface area contributed by atoms with Gasteiger partial charge in [0.05, 0.1) is 19.8 Å². The van der Waals surface area contributed by atoms with Crippen molar-refractivity contribution in [2.24, 2.45) is 5.92 Å².